The van der Waals surface area contributed by atoms with Crippen molar-refractivity contribution in [2.24, 2.45) is 0 Å². The van der Waals surface area contributed by atoms with Crippen molar-refractivity contribution in [3.05, 3.63) is 84.3 Å². The fraction of sp³-hybridized carbons (Fsp3) is 0.269. The van der Waals surface area contributed by atoms with Crippen LogP contribution in [0.2, 0.25) is 0 Å². The summed E-state index contributed by atoms with van der Waals surface area (Å²) >= 11 is 0. The topological polar surface area (TPSA) is 62.7 Å². The van der Waals surface area contributed by atoms with Crippen molar-refractivity contribution in [1.82, 2.24) is 24.5 Å². The zero-order valence-electron chi connectivity index (χ0n) is 18.5. The van der Waals surface area contributed by atoms with Crippen molar-refractivity contribution >= 4 is 17.2 Å². The minimum absolute atomic E-state index is 0.591. The van der Waals surface area contributed by atoms with E-state index in [1.54, 1.807) is 6.26 Å². The Kier molecular flexibility index (Phi) is 5.24. The first-order valence-electron chi connectivity index (χ1n) is 11.5. The third kappa shape index (κ3) is 3.96. The average Bonchev–Trinajstić information content (AvgIpc) is 3.57. The van der Waals surface area contributed by atoms with Crippen molar-refractivity contribution in [3.63, 3.8) is 0 Å². The molecule has 0 saturated heterocycles. The van der Waals surface area contributed by atoms with E-state index in [2.05, 4.69) is 58.4 Å². The molecular weight excluding hydrogens is 412 g/mol. The van der Waals surface area contributed by atoms with Gasteiger partial charge in [0.1, 0.15) is 0 Å². The number of nitrogens with zero attached hydrogens (tertiary/aromatic N) is 6. The first-order valence-corrected chi connectivity index (χ1v) is 11.5. The minimum atomic E-state index is 0.591. The Labute approximate surface area is 192 Å². The molecule has 1 aromatic carbocycles. The molecule has 0 radical (unpaired) electrons. The predicted octanol–water partition coefficient (Wildman–Crippen LogP) is 4.44. The van der Waals surface area contributed by atoms with Gasteiger partial charge in [-0.25, -0.2) is 9.97 Å². The van der Waals surface area contributed by atoms with Crippen molar-refractivity contribution in [1.29, 1.82) is 0 Å². The third-order valence-electron chi connectivity index (χ3n) is 6.33. The van der Waals surface area contributed by atoms with Crippen LogP contribution in [0.3, 0.4) is 0 Å². The van der Waals surface area contributed by atoms with E-state index in [9.17, 15) is 0 Å². The van der Waals surface area contributed by atoms with Crippen LogP contribution in [0.25, 0.3) is 22.8 Å². The Hall–Kier alpha value is -3.71. The highest BCUT2D eigenvalue weighted by Gasteiger charge is 2.21. The number of benzene rings is 1. The summed E-state index contributed by atoms with van der Waals surface area (Å²) in [6.07, 6.45) is 12.4. The first kappa shape index (κ1) is 19.9. The molecule has 0 fully saturated rings. The van der Waals surface area contributed by atoms with Gasteiger partial charge in [0.25, 0.3) is 0 Å². The molecule has 33 heavy (non-hydrogen) atoms. The predicted molar refractivity (Wildman–Crippen MR) is 129 cm³/mol. The van der Waals surface area contributed by atoms with Gasteiger partial charge in [0.15, 0.2) is 11.4 Å². The summed E-state index contributed by atoms with van der Waals surface area (Å²) in [7, 11) is 0. The standard InChI is InChI=1S/C26H26N6O/c1-3-8-20(9-4-1)21-11-15-30(16-12-21)19-22-18-27-26(31-13-5-2-6-14-31)32-25(22)28-24(29-32)23-10-7-17-33-23/h1-5,7-11,17-18H,6,12-16,19H2. The van der Waals surface area contributed by atoms with Crippen molar-refractivity contribution < 1.29 is 4.42 Å². The second kappa shape index (κ2) is 8.67. The fourth-order valence-electron chi connectivity index (χ4n) is 4.58. The van der Waals surface area contributed by atoms with Crippen molar-refractivity contribution in [2.75, 3.05) is 31.1 Å². The van der Waals surface area contributed by atoms with E-state index >= 15 is 0 Å². The van der Waals surface area contributed by atoms with Gasteiger partial charge >= 0.3 is 0 Å². The summed E-state index contributed by atoms with van der Waals surface area (Å²) in [6.45, 7) is 4.45. The lowest BCUT2D eigenvalue weighted by atomic mass is 9.99. The zero-order valence-corrected chi connectivity index (χ0v) is 18.5. The number of fused-ring (bicyclic) bond motifs is 1. The monoisotopic (exact) mass is 438 g/mol. The molecule has 0 spiro atoms. The van der Waals surface area contributed by atoms with Crippen LogP contribution in [0.15, 0.2) is 77.6 Å². The van der Waals surface area contributed by atoms with Crippen LogP contribution in [0.5, 0.6) is 0 Å². The minimum Gasteiger partial charge on any atom is -0.461 e. The van der Waals surface area contributed by atoms with Crippen LogP contribution in [0, 0.1) is 0 Å². The molecule has 2 aliphatic rings. The summed E-state index contributed by atoms with van der Waals surface area (Å²) in [5.41, 5.74) is 4.67. The zero-order chi connectivity index (χ0) is 22.0. The maximum absolute atomic E-state index is 5.58. The van der Waals surface area contributed by atoms with Gasteiger partial charge < -0.3 is 9.32 Å². The molecule has 0 N–H and O–H groups in total. The first-order chi connectivity index (χ1) is 16.3. The Balaban J connectivity index is 1.31. The van der Waals surface area contributed by atoms with E-state index in [-0.39, 0.29) is 0 Å². The van der Waals surface area contributed by atoms with Crippen molar-refractivity contribution in [2.45, 2.75) is 19.4 Å². The van der Waals surface area contributed by atoms with E-state index < -0.39 is 0 Å². The van der Waals surface area contributed by atoms with Crippen LogP contribution in [0.1, 0.15) is 24.0 Å². The van der Waals surface area contributed by atoms with Crippen molar-refractivity contribution in [3.8, 4) is 11.6 Å². The second-order valence-electron chi connectivity index (χ2n) is 8.52. The molecule has 2 aliphatic heterocycles. The van der Waals surface area contributed by atoms with Crippen LogP contribution in [-0.2, 0) is 6.54 Å². The molecule has 0 bridgehead atoms. The van der Waals surface area contributed by atoms with Gasteiger partial charge in [0.05, 0.1) is 6.26 Å². The Morgan fingerprint density at radius 3 is 2.67 bits per heavy atom. The lowest BCUT2D eigenvalue weighted by molar-refractivity contribution is 0.294. The van der Waals surface area contributed by atoms with E-state index in [0.717, 1.165) is 62.7 Å². The van der Waals surface area contributed by atoms with Crippen LogP contribution in [-0.4, -0.2) is 50.7 Å². The Morgan fingerprint density at radius 2 is 1.91 bits per heavy atom. The van der Waals surface area contributed by atoms with E-state index in [1.807, 2.05) is 22.8 Å². The molecule has 3 aromatic heterocycles. The number of rotatable bonds is 5. The summed E-state index contributed by atoms with van der Waals surface area (Å²) in [5.74, 6) is 2.09. The summed E-state index contributed by atoms with van der Waals surface area (Å²) in [6, 6.07) is 14.4. The smallest absolute Gasteiger partial charge is 0.228 e. The number of anilines is 1. The Bertz CT molecular complexity index is 1310. The quantitative estimate of drug-likeness (QED) is 0.429. The van der Waals surface area contributed by atoms with Crippen LogP contribution < -0.4 is 4.90 Å². The summed E-state index contributed by atoms with van der Waals surface area (Å²) in [5, 5.41) is 4.79. The van der Waals surface area contributed by atoms with Gasteiger partial charge in [0, 0.05) is 44.5 Å². The van der Waals surface area contributed by atoms with Gasteiger partial charge in [-0.3, -0.25) is 4.90 Å². The largest absolute Gasteiger partial charge is 0.461 e. The Morgan fingerprint density at radius 1 is 0.970 bits per heavy atom. The van der Waals surface area contributed by atoms with Crippen LogP contribution in [0.4, 0.5) is 5.95 Å². The SMILES string of the molecule is C1=CCN(c2ncc(CN3CC=C(c4ccccc4)CC3)c3nc(-c4ccco4)nn23)CC1. The highest BCUT2D eigenvalue weighted by atomic mass is 16.3. The summed E-state index contributed by atoms with van der Waals surface area (Å²) in [4.78, 5) is 14.4. The van der Waals surface area contributed by atoms with Gasteiger partial charge in [-0.15, -0.1) is 5.10 Å². The number of hydrogen-bond acceptors (Lipinski definition) is 6. The second-order valence-corrected chi connectivity index (χ2v) is 8.52. The average molecular weight is 439 g/mol. The normalized spacial score (nSPS) is 17.0. The summed E-state index contributed by atoms with van der Waals surface area (Å²) < 4.78 is 7.47. The molecule has 0 saturated carbocycles. The molecule has 0 aliphatic carbocycles. The van der Waals surface area contributed by atoms with Gasteiger partial charge in [0.2, 0.25) is 11.8 Å². The lowest BCUT2D eigenvalue weighted by Crippen LogP contribution is -2.31. The van der Waals surface area contributed by atoms with E-state index in [1.165, 1.54) is 11.1 Å². The third-order valence-corrected chi connectivity index (χ3v) is 6.33. The lowest BCUT2D eigenvalue weighted by Gasteiger charge is -2.27. The van der Waals surface area contributed by atoms with Gasteiger partial charge in [-0.1, -0.05) is 48.6 Å². The number of furan rings is 1. The van der Waals surface area contributed by atoms with Gasteiger partial charge in [-0.05, 0) is 36.1 Å². The van der Waals surface area contributed by atoms with Crippen LogP contribution >= 0.6 is 0 Å². The molecule has 6 rings (SSSR count). The maximum Gasteiger partial charge on any atom is 0.228 e. The fourth-order valence-corrected chi connectivity index (χ4v) is 4.58. The molecule has 4 aromatic rings. The maximum atomic E-state index is 5.58. The van der Waals surface area contributed by atoms with Gasteiger partial charge in [-0.2, -0.15) is 4.52 Å². The number of aromatic nitrogens is 4. The molecule has 7 nitrogen and oxygen atoms in total. The molecule has 5 heterocycles. The highest BCUT2D eigenvalue weighted by molar-refractivity contribution is 5.66. The molecule has 166 valence electrons. The highest BCUT2D eigenvalue weighted by Crippen LogP contribution is 2.26. The van der Waals surface area contributed by atoms with E-state index in [4.69, 9.17) is 19.5 Å². The molecule has 0 amide bonds. The van der Waals surface area contributed by atoms with E-state index in [0.29, 0.717) is 11.6 Å². The molecule has 0 atom stereocenters. The molecular formula is C26H26N6O. The molecule has 7 heteroatoms. The molecule has 0 unspecified atom stereocenters. The number of hydrogen-bond donors (Lipinski definition) is 0.